The molecule has 1 aromatic heterocycles. The number of benzene rings is 2. The van der Waals surface area contributed by atoms with Gasteiger partial charge in [-0.3, -0.25) is 0 Å². The van der Waals surface area contributed by atoms with Crippen LogP contribution in [0.3, 0.4) is 0 Å². The number of tetrazole rings is 1. The minimum absolute atomic E-state index is 0.130. The van der Waals surface area contributed by atoms with Crippen molar-refractivity contribution in [2.45, 2.75) is 43.0 Å². The second-order valence-corrected chi connectivity index (χ2v) is 9.55. The number of aliphatic hydroxyl groups excluding tert-OH is 1. The van der Waals surface area contributed by atoms with Crippen molar-refractivity contribution in [3.63, 3.8) is 0 Å². The van der Waals surface area contributed by atoms with E-state index in [0.29, 0.717) is 30.2 Å². The standard InChI is InChI=1S/C22H22F3N5O4S/c1-34-16-8-2-13(3-9-16)12-30-28-21(27-29-30)19-17(14-4-6-15(31)7-5-14)10-11-18(22(23,24)25)20(19)35(26,32)33/h2-4,8-11,15,31H,5-7,12H2,1H3,(H2,26,32,33)/t15-/m0/s1. The Morgan fingerprint density at radius 3 is 2.49 bits per heavy atom. The number of hydrogen-bond acceptors (Lipinski definition) is 7. The molecule has 9 nitrogen and oxygen atoms in total. The topological polar surface area (TPSA) is 133 Å². The van der Waals surface area contributed by atoms with Crippen LogP contribution in [0.5, 0.6) is 5.75 Å². The lowest BCUT2D eigenvalue weighted by atomic mass is 9.88. The van der Waals surface area contributed by atoms with Crippen LogP contribution >= 0.6 is 0 Å². The quantitative estimate of drug-likeness (QED) is 0.522. The molecule has 13 heteroatoms. The highest BCUT2D eigenvalue weighted by atomic mass is 32.2. The van der Waals surface area contributed by atoms with E-state index in [1.54, 1.807) is 30.3 Å². The number of aromatic nitrogens is 4. The molecule has 35 heavy (non-hydrogen) atoms. The molecule has 1 aliphatic rings. The molecule has 3 N–H and O–H groups in total. The van der Waals surface area contributed by atoms with E-state index in [2.05, 4.69) is 15.4 Å². The summed E-state index contributed by atoms with van der Waals surface area (Å²) < 4.78 is 71.5. The SMILES string of the molecule is COc1ccc(Cn2nnc(-c3c(C4=CC[C@H](O)CC4)ccc(C(F)(F)F)c3S(N)(=O)=O)n2)cc1. The van der Waals surface area contributed by atoms with Gasteiger partial charge in [-0.2, -0.15) is 18.0 Å². The molecule has 1 atom stereocenters. The van der Waals surface area contributed by atoms with Crippen LogP contribution in [0.4, 0.5) is 13.2 Å². The molecular weight excluding hydrogens is 487 g/mol. The summed E-state index contributed by atoms with van der Waals surface area (Å²) in [7, 11) is -3.33. The number of hydrogen-bond donors (Lipinski definition) is 2. The molecule has 1 heterocycles. The number of methoxy groups -OCH3 is 1. The van der Waals surface area contributed by atoms with Crippen molar-refractivity contribution in [3.8, 4) is 17.1 Å². The highest BCUT2D eigenvalue weighted by Crippen LogP contribution is 2.43. The van der Waals surface area contributed by atoms with Crippen LogP contribution in [0.25, 0.3) is 17.0 Å². The van der Waals surface area contributed by atoms with Crippen molar-refractivity contribution >= 4 is 15.6 Å². The molecule has 0 aliphatic heterocycles. The molecular formula is C22H22F3N5O4S. The molecule has 2 aromatic carbocycles. The Morgan fingerprint density at radius 1 is 1.20 bits per heavy atom. The van der Waals surface area contributed by atoms with Gasteiger partial charge in [-0.1, -0.05) is 24.3 Å². The summed E-state index contributed by atoms with van der Waals surface area (Å²) in [5.74, 6) is 0.328. The highest BCUT2D eigenvalue weighted by molar-refractivity contribution is 7.89. The van der Waals surface area contributed by atoms with Crippen LogP contribution in [0.15, 0.2) is 47.4 Å². The molecule has 0 unspecified atom stereocenters. The number of rotatable bonds is 6. The maximum absolute atomic E-state index is 13.8. The van der Waals surface area contributed by atoms with E-state index in [4.69, 9.17) is 9.88 Å². The molecule has 3 aromatic rings. The second-order valence-electron chi connectivity index (χ2n) is 8.06. The number of ether oxygens (including phenoxy) is 1. The lowest BCUT2D eigenvalue weighted by molar-refractivity contribution is -0.139. The van der Waals surface area contributed by atoms with Gasteiger partial charge in [-0.05, 0) is 59.4 Å². The third-order valence-electron chi connectivity index (χ3n) is 5.64. The molecule has 0 radical (unpaired) electrons. The predicted octanol–water partition coefficient (Wildman–Crippen LogP) is 2.99. The van der Waals surface area contributed by atoms with Gasteiger partial charge in [0.15, 0.2) is 0 Å². The Bertz CT molecular complexity index is 1370. The van der Waals surface area contributed by atoms with Crippen molar-refractivity contribution < 1.29 is 31.4 Å². The fraction of sp³-hybridized carbons (Fsp3) is 0.318. The number of alkyl halides is 3. The van der Waals surface area contributed by atoms with E-state index in [9.17, 15) is 26.7 Å². The van der Waals surface area contributed by atoms with Gasteiger partial charge in [0.05, 0.1) is 30.9 Å². The molecule has 0 bridgehead atoms. The van der Waals surface area contributed by atoms with Crippen LogP contribution in [0.2, 0.25) is 0 Å². The van der Waals surface area contributed by atoms with Gasteiger partial charge in [-0.15, -0.1) is 10.2 Å². The van der Waals surface area contributed by atoms with Crippen LogP contribution in [0, 0.1) is 0 Å². The maximum Gasteiger partial charge on any atom is 0.417 e. The molecule has 0 saturated heterocycles. The van der Waals surface area contributed by atoms with Gasteiger partial charge in [0.1, 0.15) is 10.6 Å². The van der Waals surface area contributed by atoms with Crippen molar-refractivity contribution in [1.82, 2.24) is 20.2 Å². The van der Waals surface area contributed by atoms with Crippen molar-refractivity contribution in [1.29, 1.82) is 0 Å². The van der Waals surface area contributed by atoms with Crippen molar-refractivity contribution in [3.05, 3.63) is 59.2 Å². The first-order chi connectivity index (χ1) is 16.5. The average molecular weight is 510 g/mol. The van der Waals surface area contributed by atoms with Crippen molar-refractivity contribution in [2.75, 3.05) is 7.11 Å². The average Bonchev–Trinajstić information content (AvgIpc) is 3.26. The maximum atomic E-state index is 13.8. The van der Waals surface area contributed by atoms with Gasteiger partial charge in [0.2, 0.25) is 15.8 Å². The van der Waals surface area contributed by atoms with Crippen LogP contribution in [0.1, 0.15) is 36.0 Å². The van der Waals surface area contributed by atoms with Gasteiger partial charge < -0.3 is 9.84 Å². The normalized spacial score (nSPS) is 16.7. The summed E-state index contributed by atoms with van der Waals surface area (Å²) in [5.41, 5.74) is -0.268. The fourth-order valence-corrected chi connectivity index (χ4v) is 4.94. The Labute approximate surface area is 199 Å². The summed E-state index contributed by atoms with van der Waals surface area (Å²) in [5, 5.41) is 27.1. The van der Waals surface area contributed by atoms with E-state index < -0.39 is 32.8 Å². The zero-order valence-electron chi connectivity index (χ0n) is 18.5. The van der Waals surface area contributed by atoms with E-state index in [1.165, 1.54) is 13.2 Å². The van der Waals surface area contributed by atoms with E-state index in [1.807, 2.05) is 0 Å². The number of aliphatic hydroxyl groups is 1. The summed E-state index contributed by atoms with van der Waals surface area (Å²) in [4.78, 5) is 0.0335. The fourth-order valence-electron chi connectivity index (χ4n) is 3.96. The molecule has 0 amide bonds. The Kier molecular flexibility index (Phi) is 6.66. The predicted molar refractivity (Wildman–Crippen MR) is 120 cm³/mol. The van der Waals surface area contributed by atoms with Crippen LogP contribution < -0.4 is 9.88 Å². The molecule has 4 rings (SSSR count). The number of halogens is 3. The van der Waals surface area contributed by atoms with E-state index >= 15 is 0 Å². The minimum atomic E-state index is -4.99. The summed E-state index contributed by atoms with van der Waals surface area (Å²) in [6.07, 6.45) is -2.95. The molecule has 1 aliphatic carbocycles. The molecule has 0 saturated carbocycles. The zero-order chi connectivity index (χ0) is 25.4. The first kappa shape index (κ1) is 24.8. The second kappa shape index (κ2) is 9.40. The van der Waals surface area contributed by atoms with Gasteiger partial charge in [0.25, 0.3) is 0 Å². The van der Waals surface area contributed by atoms with E-state index in [0.717, 1.165) is 10.4 Å². The Morgan fingerprint density at radius 2 is 1.91 bits per heavy atom. The number of nitrogens with two attached hydrogens (primary N) is 1. The largest absolute Gasteiger partial charge is 0.497 e. The summed E-state index contributed by atoms with van der Waals surface area (Å²) in [6.45, 7) is 0.130. The third-order valence-corrected chi connectivity index (χ3v) is 6.63. The molecule has 0 spiro atoms. The van der Waals surface area contributed by atoms with Gasteiger partial charge in [0, 0.05) is 0 Å². The minimum Gasteiger partial charge on any atom is -0.497 e. The lowest BCUT2D eigenvalue weighted by Gasteiger charge is -2.22. The Hall–Kier alpha value is -3.29. The highest BCUT2D eigenvalue weighted by Gasteiger charge is 2.40. The number of allylic oxidation sites excluding steroid dienone is 1. The van der Waals surface area contributed by atoms with Crippen LogP contribution in [-0.2, 0) is 22.7 Å². The molecule has 0 fully saturated rings. The lowest BCUT2D eigenvalue weighted by Crippen LogP contribution is -2.21. The van der Waals surface area contributed by atoms with E-state index in [-0.39, 0.29) is 29.9 Å². The molecule has 186 valence electrons. The van der Waals surface area contributed by atoms with Gasteiger partial charge in [-0.25, -0.2) is 13.6 Å². The first-order valence-corrected chi connectivity index (χ1v) is 12.1. The summed E-state index contributed by atoms with van der Waals surface area (Å²) >= 11 is 0. The number of primary sulfonamides is 1. The third kappa shape index (κ3) is 5.36. The van der Waals surface area contributed by atoms with Crippen LogP contribution in [-0.4, -0.2) is 46.9 Å². The number of nitrogens with zero attached hydrogens (tertiary/aromatic N) is 4. The first-order valence-electron chi connectivity index (χ1n) is 10.5. The summed E-state index contributed by atoms with van der Waals surface area (Å²) in [6, 6.07) is 8.83. The smallest absolute Gasteiger partial charge is 0.417 e. The Balaban J connectivity index is 1.87. The number of sulfonamides is 1. The monoisotopic (exact) mass is 509 g/mol. The van der Waals surface area contributed by atoms with Gasteiger partial charge >= 0.3 is 6.18 Å². The zero-order valence-corrected chi connectivity index (χ0v) is 19.3. The van der Waals surface area contributed by atoms with Crippen molar-refractivity contribution in [2.24, 2.45) is 5.14 Å².